The molecule has 0 aliphatic rings. The van der Waals surface area contributed by atoms with Gasteiger partial charge >= 0.3 is 0 Å². The second kappa shape index (κ2) is 9.17. The Bertz CT molecular complexity index is 301. The van der Waals surface area contributed by atoms with E-state index in [1.165, 1.54) is 44.3 Å². The van der Waals surface area contributed by atoms with E-state index in [9.17, 15) is 0 Å². The summed E-state index contributed by atoms with van der Waals surface area (Å²) >= 11 is 0. The molecule has 1 aromatic heterocycles. The maximum atomic E-state index is 5.63. The molecule has 104 valence electrons. The normalized spacial score (nSPS) is 11.3. The van der Waals surface area contributed by atoms with Gasteiger partial charge in [0.25, 0.3) is 0 Å². The third-order valence-electron chi connectivity index (χ3n) is 3.12. The molecule has 0 fully saturated rings. The van der Waals surface area contributed by atoms with Gasteiger partial charge in [-0.25, -0.2) is 0 Å². The lowest BCUT2D eigenvalue weighted by molar-refractivity contribution is 0.237. The Morgan fingerprint density at radius 2 is 1.83 bits per heavy atom. The van der Waals surface area contributed by atoms with Crippen LogP contribution in [-0.4, -0.2) is 25.0 Å². The summed E-state index contributed by atoms with van der Waals surface area (Å²) in [6, 6.07) is 2.17. The molecule has 0 bridgehead atoms. The van der Waals surface area contributed by atoms with Crippen LogP contribution in [0.2, 0.25) is 0 Å². The van der Waals surface area contributed by atoms with Gasteiger partial charge in [-0.1, -0.05) is 26.7 Å². The molecule has 3 nitrogen and oxygen atoms in total. The van der Waals surface area contributed by atoms with E-state index in [4.69, 9.17) is 4.42 Å². The summed E-state index contributed by atoms with van der Waals surface area (Å²) in [6.07, 6.45) is 6.92. The van der Waals surface area contributed by atoms with Gasteiger partial charge in [0.2, 0.25) is 0 Å². The average Bonchev–Trinajstić information content (AvgIpc) is 2.80. The van der Waals surface area contributed by atoms with Crippen LogP contribution in [-0.2, 0) is 13.1 Å². The van der Waals surface area contributed by atoms with Gasteiger partial charge in [0, 0.05) is 12.1 Å². The first kappa shape index (κ1) is 15.3. The number of nitrogens with zero attached hydrogens (tertiary/aromatic N) is 1. The van der Waals surface area contributed by atoms with Crippen molar-refractivity contribution < 1.29 is 4.42 Å². The van der Waals surface area contributed by atoms with Gasteiger partial charge in [-0.3, -0.25) is 4.90 Å². The SMILES string of the molecule is CCCCN(CCCC)Cc1cc(CNC)co1. The predicted molar refractivity (Wildman–Crippen MR) is 76.6 cm³/mol. The molecule has 0 atom stereocenters. The summed E-state index contributed by atoms with van der Waals surface area (Å²) in [5.74, 6) is 1.09. The van der Waals surface area contributed by atoms with Crippen LogP contribution in [0, 0.1) is 0 Å². The topological polar surface area (TPSA) is 28.4 Å². The monoisotopic (exact) mass is 252 g/mol. The summed E-state index contributed by atoms with van der Waals surface area (Å²) < 4.78 is 5.63. The fourth-order valence-corrected chi connectivity index (χ4v) is 2.06. The van der Waals surface area contributed by atoms with Crippen molar-refractivity contribution in [2.24, 2.45) is 0 Å². The Balaban J connectivity index is 2.46. The number of furan rings is 1. The van der Waals surface area contributed by atoms with E-state index in [0.29, 0.717) is 0 Å². The number of hydrogen-bond donors (Lipinski definition) is 1. The van der Waals surface area contributed by atoms with Crippen LogP contribution in [0.25, 0.3) is 0 Å². The molecular formula is C15H28N2O. The van der Waals surface area contributed by atoms with Crippen molar-refractivity contribution in [3.8, 4) is 0 Å². The third-order valence-corrected chi connectivity index (χ3v) is 3.12. The minimum absolute atomic E-state index is 0.882. The molecule has 0 radical (unpaired) electrons. The van der Waals surface area contributed by atoms with Crippen LogP contribution in [0.3, 0.4) is 0 Å². The van der Waals surface area contributed by atoms with E-state index >= 15 is 0 Å². The molecule has 18 heavy (non-hydrogen) atoms. The second-order valence-electron chi connectivity index (χ2n) is 4.93. The average molecular weight is 252 g/mol. The molecule has 1 rings (SSSR count). The highest BCUT2D eigenvalue weighted by atomic mass is 16.3. The standard InChI is InChI=1S/C15H28N2O/c1-4-6-8-17(9-7-5-2)12-15-10-14(11-16-3)13-18-15/h10,13,16H,4-9,11-12H2,1-3H3. The highest BCUT2D eigenvalue weighted by molar-refractivity contribution is 5.12. The second-order valence-corrected chi connectivity index (χ2v) is 4.93. The predicted octanol–water partition coefficient (Wildman–Crippen LogP) is 3.40. The quantitative estimate of drug-likeness (QED) is 0.692. The number of hydrogen-bond acceptors (Lipinski definition) is 3. The summed E-state index contributed by atoms with van der Waals surface area (Å²) in [7, 11) is 1.96. The van der Waals surface area contributed by atoms with Gasteiger partial charge < -0.3 is 9.73 Å². The molecule has 1 N–H and O–H groups in total. The maximum absolute atomic E-state index is 5.63. The van der Waals surface area contributed by atoms with Crippen molar-refractivity contribution in [1.29, 1.82) is 0 Å². The first-order chi connectivity index (χ1) is 8.80. The Morgan fingerprint density at radius 1 is 1.17 bits per heavy atom. The van der Waals surface area contributed by atoms with E-state index in [2.05, 4.69) is 30.1 Å². The fraction of sp³-hybridized carbons (Fsp3) is 0.733. The molecule has 0 aromatic carbocycles. The van der Waals surface area contributed by atoms with Crippen molar-refractivity contribution in [2.45, 2.75) is 52.6 Å². The molecule has 0 unspecified atom stereocenters. The minimum Gasteiger partial charge on any atom is -0.468 e. The molecule has 1 aromatic rings. The van der Waals surface area contributed by atoms with E-state index in [-0.39, 0.29) is 0 Å². The van der Waals surface area contributed by atoms with Crippen molar-refractivity contribution in [1.82, 2.24) is 10.2 Å². The van der Waals surface area contributed by atoms with E-state index < -0.39 is 0 Å². The maximum Gasteiger partial charge on any atom is 0.118 e. The van der Waals surface area contributed by atoms with Gasteiger partial charge in [0.1, 0.15) is 5.76 Å². The van der Waals surface area contributed by atoms with E-state index in [0.717, 1.165) is 18.8 Å². The Hall–Kier alpha value is -0.800. The number of unbranched alkanes of at least 4 members (excludes halogenated alkanes) is 2. The Labute approximate surface area is 112 Å². The lowest BCUT2D eigenvalue weighted by Crippen LogP contribution is -2.25. The van der Waals surface area contributed by atoms with Crippen molar-refractivity contribution >= 4 is 0 Å². The molecule has 3 heteroatoms. The zero-order chi connectivity index (χ0) is 13.2. The molecular weight excluding hydrogens is 224 g/mol. The van der Waals surface area contributed by atoms with Crippen LogP contribution < -0.4 is 5.32 Å². The molecule has 0 saturated carbocycles. The van der Waals surface area contributed by atoms with Gasteiger partial charge in [-0.2, -0.15) is 0 Å². The summed E-state index contributed by atoms with van der Waals surface area (Å²) in [4.78, 5) is 2.51. The van der Waals surface area contributed by atoms with Crippen LogP contribution in [0.15, 0.2) is 16.7 Å². The molecule has 1 heterocycles. The molecule has 0 aliphatic carbocycles. The van der Waals surface area contributed by atoms with Crippen molar-refractivity contribution in [2.75, 3.05) is 20.1 Å². The first-order valence-electron chi connectivity index (χ1n) is 7.23. The van der Waals surface area contributed by atoms with Gasteiger partial charge in [0.15, 0.2) is 0 Å². The zero-order valence-corrected chi connectivity index (χ0v) is 12.2. The van der Waals surface area contributed by atoms with Crippen LogP contribution >= 0.6 is 0 Å². The van der Waals surface area contributed by atoms with Crippen LogP contribution in [0.4, 0.5) is 0 Å². The van der Waals surface area contributed by atoms with E-state index in [1.807, 2.05) is 13.3 Å². The summed E-state index contributed by atoms with van der Waals surface area (Å²) in [6.45, 7) is 8.68. The first-order valence-corrected chi connectivity index (χ1v) is 7.23. The Morgan fingerprint density at radius 3 is 2.39 bits per heavy atom. The van der Waals surface area contributed by atoms with Crippen molar-refractivity contribution in [3.05, 3.63) is 23.7 Å². The Kier molecular flexibility index (Phi) is 7.78. The molecule has 0 spiro atoms. The minimum atomic E-state index is 0.882. The third kappa shape index (κ3) is 5.69. The number of nitrogens with one attached hydrogen (secondary N) is 1. The van der Waals surface area contributed by atoms with Gasteiger partial charge in [0.05, 0.1) is 12.8 Å². The van der Waals surface area contributed by atoms with Gasteiger partial charge in [-0.05, 0) is 39.0 Å². The fourth-order valence-electron chi connectivity index (χ4n) is 2.06. The summed E-state index contributed by atoms with van der Waals surface area (Å²) in [5, 5.41) is 3.15. The lowest BCUT2D eigenvalue weighted by atomic mass is 10.2. The molecule has 0 aliphatic heterocycles. The smallest absolute Gasteiger partial charge is 0.118 e. The van der Waals surface area contributed by atoms with Crippen molar-refractivity contribution in [3.63, 3.8) is 0 Å². The van der Waals surface area contributed by atoms with Crippen LogP contribution in [0.5, 0.6) is 0 Å². The number of rotatable bonds is 10. The zero-order valence-electron chi connectivity index (χ0n) is 12.2. The highest BCUT2D eigenvalue weighted by Crippen LogP contribution is 2.12. The summed E-state index contributed by atoms with van der Waals surface area (Å²) in [5.41, 5.74) is 1.23. The molecule has 0 amide bonds. The molecule has 0 saturated heterocycles. The highest BCUT2D eigenvalue weighted by Gasteiger charge is 2.08. The largest absolute Gasteiger partial charge is 0.468 e. The van der Waals surface area contributed by atoms with Crippen LogP contribution in [0.1, 0.15) is 50.9 Å². The van der Waals surface area contributed by atoms with Gasteiger partial charge in [-0.15, -0.1) is 0 Å². The van der Waals surface area contributed by atoms with E-state index in [1.54, 1.807) is 0 Å². The lowest BCUT2D eigenvalue weighted by Gasteiger charge is -2.20.